The molecule has 0 aliphatic heterocycles. The van der Waals surface area contributed by atoms with Gasteiger partial charge in [0.1, 0.15) is 0 Å². The Morgan fingerprint density at radius 3 is 0.594 bits per heavy atom. The molecular formula is C62H122O2. The van der Waals surface area contributed by atoms with Crippen LogP contribution in [-0.4, -0.2) is 11.1 Å². The molecule has 2 heteroatoms. The van der Waals surface area contributed by atoms with Gasteiger partial charge in [-0.3, -0.25) is 4.79 Å². The van der Waals surface area contributed by atoms with Gasteiger partial charge in [0.2, 0.25) is 0 Å². The molecule has 1 N–H and O–H groups in total. The summed E-state index contributed by atoms with van der Waals surface area (Å²) in [7, 11) is 0. The van der Waals surface area contributed by atoms with Gasteiger partial charge < -0.3 is 5.11 Å². The molecule has 0 aromatic carbocycles. The van der Waals surface area contributed by atoms with E-state index in [2.05, 4.69) is 32.9 Å². The van der Waals surface area contributed by atoms with Gasteiger partial charge in [-0.2, -0.15) is 0 Å². The van der Waals surface area contributed by atoms with Crippen LogP contribution in [0.5, 0.6) is 0 Å². The summed E-state index contributed by atoms with van der Waals surface area (Å²) >= 11 is 0. The maximum atomic E-state index is 13.0. The highest BCUT2D eigenvalue weighted by Gasteiger charge is 2.36. The Bertz CT molecular complexity index is 847. The van der Waals surface area contributed by atoms with Gasteiger partial charge in [-0.05, 0) is 44.9 Å². The molecule has 0 spiro atoms. The summed E-state index contributed by atoms with van der Waals surface area (Å²) in [5.74, 6) is -0.485. The van der Waals surface area contributed by atoms with Crippen LogP contribution in [0.4, 0.5) is 0 Å². The van der Waals surface area contributed by atoms with Crippen molar-refractivity contribution in [2.45, 2.75) is 374 Å². The molecule has 64 heavy (non-hydrogen) atoms. The number of carboxylic acid groups (broad SMARTS) is 1. The third-order valence-electron chi connectivity index (χ3n) is 15.1. The monoisotopic (exact) mass is 899 g/mol. The fraction of sp³-hybridized carbons (Fsp3) is 0.952. The zero-order valence-electron chi connectivity index (χ0n) is 44.9. The molecule has 0 aromatic rings. The lowest BCUT2D eigenvalue weighted by Crippen LogP contribution is -2.31. The minimum absolute atomic E-state index is 0.485. The van der Waals surface area contributed by atoms with Gasteiger partial charge in [0, 0.05) is 0 Å². The van der Waals surface area contributed by atoms with Gasteiger partial charge in [-0.25, -0.2) is 0 Å². The normalized spacial score (nSPS) is 12.0. The summed E-state index contributed by atoms with van der Waals surface area (Å²) in [6, 6.07) is 0. The van der Waals surface area contributed by atoms with E-state index in [0.29, 0.717) is 0 Å². The highest BCUT2D eigenvalue weighted by atomic mass is 16.4. The van der Waals surface area contributed by atoms with E-state index in [9.17, 15) is 9.90 Å². The van der Waals surface area contributed by atoms with Crippen LogP contribution in [0.1, 0.15) is 374 Å². The number of carboxylic acids is 1. The Morgan fingerprint density at radius 2 is 0.422 bits per heavy atom. The van der Waals surface area contributed by atoms with Crippen LogP contribution in [0.2, 0.25) is 0 Å². The van der Waals surface area contributed by atoms with Gasteiger partial charge in [-0.15, -0.1) is 0 Å². The quantitative estimate of drug-likeness (QED) is 0.0488. The number of hydrogen-bond donors (Lipinski definition) is 1. The molecule has 0 heterocycles. The highest BCUT2D eigenvalue weighted by molar-refractivity contribution is 5.74. The third-order valence-corrected chi connectivity index (χ3v) is 15.1. The highest BCUT2D eigenvalue weighted by Crippen LogP contribution is 2.38. The minimum atomic E-state index is -0.487. The van der Waals surface area contributed by atoms with E-state index in [0.717, 1.165) is 38.5 Å². The van der Waals surface area contributed by atoms with Gasteiger partial charge in [0.15, 0.2) is 0 Å². The fourth-order valence-corrected chi connectivity index (χ4v) is 10.5. The van der Waals surface area contributed by atoms with Gasteiger partial charge >= 0.3 is 5.97 Å². The Hall–Kier alpha value is -0.790. The van der Waals surface area contributed by atoms with E-state index in [1.807, 2.05) is 0 Å². The van der Waals surface area contributed by atoms with Crippen LogP contribution < -0.4 is 0 Å². The van der Waals surface area contributed by atoms with Gasteiger partial charge in [0.25, 0.3) is 0 Å². The van der Waals surface area contributed by atoms with Crippen LogP contribution in [0.3, 0.4) is 0 Å². The summed E-state index contributed by atoms with van der Waals surface area (Å²) in [5.41, 5.74) is -0.487. The standard InChI is InChI=1S/C62H122O2/c1-4-7-10-13-16-19-22-25-28-30-32-34-36-38-41-44-47-50-53-56-59-62(61(63)64,58-55-52-49-46-43-40-27-24-21-18-15-12-9-6-3)60-57-54-51-48-45-42-39-37-35-33-31-29-26-23-20-17-14-11-8-5-2/h27,40H,4-26,28-39,41-60H2,1-3H3,(H,63,64). The van der Waals surface area contributed by atoms with Crippen LogP contribution in [-0.2, 0) is 4.79 Å². The molecule has 2 nitrogen and oxygen atoms in total. The molecule has 382 valence electrons. The number of hydrogen-bond acceptors (Lipinski definition) is 1. The SMILES string of the molecule is CCCCCCCCC=CCCCCCCC(CCCCCCCCCCCCCCCCCCCCCC)(CCCCCCCCCCCCCCCCCCCCCC)C(=O)O. The molecular weight excluding hydrogens is 777 g/mol. The molecule has 0 unspecified atom stereocenters. The lowest BCUT2D eigenvalue weighted by molar-refractivity contribution is -0.150. The number of unbranched alkanes of at least 4 members (excludes halogenated alkanes) is 48. The first-order valence-corrected chi connectivity index (χ1v) is 30.5. The van der Waals surface area contributed by atoms with E-state index in [1.54, 1.807) is 0 Å². The lowest BCUT2D eigenvalue weighted by Gasteiger charge is -2.30. The molecule has 0 aliphatic carbocycles. The van der Waals surface area contributed by atoms with E-state index < -0.39 is 11.4 Å². The Labute approximate surface area is 405 Å². The predicted octanol–water partition coefficient (Wildman–Crippen LogP) is 23.1. The Kier molecular flexibility index (Phi) is 54.1. The average molecular weight is 900 g/mol. The second-order valence-electron chi connectivity index (χ2n) is 21.5. The second kappa shape index (κ2) is 54.8. The van der Waals surface area contributed by atoms with Crippen molar-refractivity contribution in [1.29, 1.82) is 0 Å². The molecule has 0 saturated carbocycles. The smallest absolute Gasteiger partial charge is 0.309 e. The van der Waals surface area contributed by atoms with Crippen molar-refractivity contribution in [2.75, 3.05) is 0 Å². The first-order chi connectivity index (χ1) is 31.6. The van der Waals surface area contributed by atoms with Crippen molar-refractivity contribution in [3.63, 3.8) is 0 Å². The lowest BCUT2D eigenvalue weighted by atomic mass is 9.74. The van der Waals surface area contributed by atoms with Crippen molar-refractivity contribution >= 4 is 5.97 Å². The van der Waals surface area contributed by atoms with Crippen molar-refractivity contribution < 1.29 is 9.90 Å². The third kappa shape index (κ3) is 47.7. The maximum absolute atomic E-state index is 13.0. The summed E-state index contributed by atoms with van der Waals surface area (Å²) in [6.07, 6.45) is 78.7. The molecule has 0 amide bonds. The zero-order valence-corrected chi connectivity index (χ0v) is 44.9. The number of rotatable bonds is 57. The molecule has 0 radical (unpaired) electrons. The largest absolute Gasteiger partial charge is 0.481 e. The van der Waals surface area contributed by atoms with Crippen molar-refractivity contribution in [3.8, 4) is 0 Å². The number of allylic oxidation sites excluding steroid dienone is 2. The van der Waals surface area contributed by atoms with Crippen molar-refractivity contribution in [2.24, 2.45) is 5.41 Å². The fourth-order valence-electron chi connectivity index (χ4n) is 10.5. The second-order valence-corrected chi connectivity index (χ2v) is 21.5. The Balaban J connectivity index is 4.29. The van der Waals surface area contributed by atoms with Crippen molar-refractivity contribution in [1.82, 2.24) is 0 Å². The molecule has 0 fully saturated rings. The molecule has 0 aliphatic rings. The molecule has 0 saturated heterocycles. The van der Waals surface area contributed by atoms with E-state index >= 15 is 0 Å². The molecule has 0 bridgehead atoms. The van der Waals surface area contributed by atoms with Crippen LogP contribution >= 0.6 is 0 Å². The molecule has 0 atom stereocenters. The van der Waals surface area contributed by atoms with Crippen LogP contribution in [0.15, 0.2) is 12.2 Å². The summed E-state index contributed by atoms with van der Waals surface area (Å²) in [4.78, 5) is 13.0. The zero-order chi connectivity index (χ0) is 46.4. The van der Waals surface area contributed by atoms with Gasteiger partial charge in [-0.1, -0.05) is 341 Å². The number of carbonyl (C=O) groups is 1. The van der Waals surface area contributed by atoms with E-state index in [4.69, 9.17) is 0 Å². The van der Waals surface area contributed by atoms with E-state index in [1.165, 1.54) is 315 Å². The predicted molar refractivity (Wildman–Crippen MR) is 290 cm³/mol. The Morgan fingerprint density at radius 1 is 0.266 bits per heavy atom. The van der Waals surface area contributed by atoms with Crippen LogP contribution in [0, 0.1) is 5.41 Å². The summed E-state index contributed by atoms with van der Waals surface area (Å²) in [6.45, 7) is 6.90. The number of aliphatic carboxylic acids is 1. The first-order valence-electron chi connectivity index (χ1n) is 30.5. The average Bonchev–Trinajstić information content (AvgIpc) is 3.30. The minimum Gasteiger partial charge on any atom is -0.481 e. The topological polar surface area (TPSA) is 37.3 Å². The van der Waals surface area contributed by atoms with Gasteiger partial charge in [0.05, 0.1) is 5.41 Å². The summed E-state index contributed by atoms with van der Waals surface area (Å²) in [5, 5.41) is 10.7. The first kappa shape index (κ1) is 63.2. The van der Waals surface area contributed by atoms with Crippen molar-refractivity contribution in [3.05, 3.63) is 12.2 Å². The maximum Gasteiger partial charge on any atom is 0.309 e. The van der Waals surface area contributed by atoms with Crippen LogP contribution in [0.25, 0.3) is 0 Å². The molecule has 0 rings (SSSR count). The van der Waals surface area contributed by atoms with E-state index in [-0.39, 0.29) is 0 Å². The molecule has 0 aromatic heterocycles. The summed E-state index contributed by atoms with van der Waals surface area (Å²) < 4.78 is 0.